The van der Waals surface area contributed by atoms with Crippen molar-refractivity contribution >= 4 is 5.65 Å². The van der Waals surface area contributed by atoms with Gasteiger partial charge in [-0.05, 0) is 41.5 Å². The molecule has 2 N–H and O–H groups in total. The van der Waals surface area contributed by atoms with Crippen molar-refractivity contribution in [3.05, 3.63) is 113 Å². The standard InChI is InChI=1S/C26H19F2N3O2/c27-20-11-8-18(14-21(20)28)24-15-31-25(22(29-24)12-16-4-2-1-3-5-16)30-23(26(31)33)13-17-6-9-19(32)10-7-17/h1-11,14-15,32-33H,12-13H2. The van der Waals surface area contributed by atoms with Gasteiger partial charge in [-0.15, -0.1) is 0 Å². The van der Waals surface area contributed by atoms with Gasteiger partial charge in [0.25, 0.3) is 0 Å². The Balaban J connectivity index is 1.65. The fourth-order valence-corrected chi connectivity index (χ4v) is 3.77. The van der Waals surface area contributed by atoms with Gasteiger partial charge in [0.2, 0.25) is 5.88 Å². The lowest BCUT2D eigenvalue weighted by Gasteiger charge is -2.09. The Labute approximate surface area is 188 Å². The van der Waals surface area contributed by atoms with Crippen molar-refractivity contribution in [3.63, 3.8) is 0 Å². The molecule has 5 aromatic rings. The van der Waals surface area contributed by atoms with Crippen molar-refractivity contribution in [2.45, 2.75) is 12.8 Å². The second kappa shape index (κ2) is 8.35. The van der Waals surface area contributed by atoms with Crippen LogP contribution in [-0.4, -0.2) is 24.6 Å². The number of imidazole rings is 1. The number of hydrogen-bond donors (Lipinski definition) is 2. The largest absolute Gasteiger partial charge is 0.508 e. The minimum Gasteiger partial charge on any atom is -0.508 e. The zero-order valence-electron chi connectivity index (χ0n) is 17.4. The number of phenolic OH excluding ortho intramolecular Hbond substituents is 1. The molecule has 2 aromatic heterocycles. The summed E-state index contributed by atoms with van der Waals surface area (Å²) < 4.78 is 28.9. The minimum absolute atomic E-state index is 0.0568. The Morgan fingerprint density at radius 1 is 0.727 bits per heavy atom. The first-order valence-electron chi connectivity index (χ1n) is 10.3. The van der Waals surface area contributed by atoms with E-state index in [0.717, 1.165) is 23.3 Å². The van der Waals surface area contributed by atoms with Gasteiger partial charge in [0.05, 0.1) is 11.4 Å². The van der Waals surface area contributed by atoms with Gasteiger partial charge in [0.15, 0.2) is 17.3 Å². The first-order chi connectivity index (χ1) is 16.0. The quantitative estimate of drug-likeness (QED) is 0.388. The predicted octanol–water partition coefficient (Wildman–Crippen LogP) is 5.27. The highest BCUT2D eigenvalue weighted by atomic mass is 19.2. The number of aromatic hydroxyl groups is 2. The number of aromatic nitrogens is 3. The molecule has 0 aliphatic carbocycles. The second-order valence-corrected chi connectivity index (χ2v) is 7.78. The Kier molecular flexibility index (Phi) is 5.22. The van der Waals surface area contributed by atoms with Crippen molar-refractivity contribution in [2.24, 2.45) is 0 Å². The fraction of sp³-hybridized carbons (Fsp3) is 0.0769. The van der Waals surface area contributed by atoms with Crippen LogP contribution in [0.25, 0.3) is 16.9 Å². The zero-order valence-corrected chi connectivity index (χ0v) is 17.4. The summed E-state index contributed by atoms with van der Waals surface area (Å²) in [5.74, 6) is -1.81. The Morgan fingerprint density at radius 3 is 2.15 bits per heavy atom. The normalized spacial score (nSPS) is 11.2. The summed E-state index contributed by atoms with van der Waals surface area (Å²) in [4.78, 5) is 9.34. The molecule has 2 heterocycles. The summed E-state index contributed by atoms with van der Waals surface area (Å²) >= 11 is 0. The molecule has 0 atom stereocenters. The van der Waals surface area contributed by atoms with Gasteiger partial charge in [-0.2, -0.15) is 0 Å². The third kappa shape index (κ3) is 4.13. The Bertz CT molecular complexity index is 1450. The maximum atomic E-state index is 13.9. The van der Waals surface area contributed by atoms with Crippen molar-refractivity contribution in [3.8, 4) is 22.9 Å². The molecule has 0 bridgehead atoms. The third-order valence-corrected chi connectivity index (χ3v) is 5.46. The van der Waals surface area contributed by atoms with Crippen LogP contribution in [0.1, 0.15) is 22.5 Å². The van der Waals surface area contributed by atoms with Crippen LogP contribution in [0.3, 0.4) is 0 Å². The summed E-state index contributed by atoms with van der Waals surface area (Å²) in [6, 6.07) is 19.9. The predicted molar refractivity (Wildman–Crippen MR) is 120 cm³/mol. The van der Waals surface area contributed by atoms with Crippen LogP contribution in [0.4, 0.5) is 8.78 Å². The molecule has 5 nitrogen and oxygen atoms in total. The number of fused-ring (bicyclic) bond motifs is 1. The molecule has 0 radical (unpaired) electrons. The highest BCUT2D eigenvalue weighted by Crippen LogP contribution is 2.29. The molecule has 0 saturated carbocycles. The molecule has 0 fully saturated rings. The fourth-order valence-electron chi connectivity index (χ4n) is 3.77. The summed E-state index contributed by atoms with van der Waals surface area (Å²) in [6.07, 6.45) is 2.36. The minimum atomic E-state index is -0.970. The number of nitrogens with zero attached hydrogens (tertiary/aromatic N) is 3. The van der Waals surface area contributed by atoms with Gasteiger partial charge in [0.1, 0.15) is 11.4 Å². The first kappa shape index (κ1) is 20.6. The highest BCUT2D eigenvalue weighted by molar-refractivity contribution is 5.63. The molecule has 0 amide bonds. The van der Waals surface area contributed by atoms with Crippen molar-refractivity contribution in [1.29, 1.82) is 0 Å². The van der Waals surface area contributed by atoms with E-state index in [2.05, 4.69) is 4.98 Å². The van der Waals surface area contributed by atoms with Crippen molar-refractivity contribution in [1.82, 2.24) is 14.4 Å². The molecule has 7 heteroatoms. The molecule has 164 valence electrons. The Morgan fingerprint density at radius 2 is 1.42 bits per heavy atom. The summed E-state index contributed by atoms with van der Waals surface area (Å²) in [5, 5.41) is 20.5. The molecule has 33 heavy (non-hydrogen) atoms. The Hall–Kier alpha value is -4.26. The van der Waals surface area contributed by atoms with Crippen LogP contribution in [0.15, 0.2) is 79.0 Å². The van der Waals surface area contributed by atoms with E-state index in [4.69, 9.17) is 4.98 Å². The van der Waals surface area contributed by atoms with E-state index in [-0.39, 0.29) is 11.6 Å². The monoisotopic (exact) mass is 443 g/mol. The van der Waals surface area contributed by atoms with E-state index >= 15 is 0 Å². The number of benzene rings is 3. The lowest BCUT2D eigenvalue weighted by molar-refractivity contribution is 0.442. The molecule has 5 rings (SSSR count). The maximum absolute atomic E-state index is 13.9. The second-order valence-electron chi connectivity index (χ2n) is 7.78. The summed E-state index contributed by atoms with van der Waals surface area (Å²) in [6.45, 7) is 0. The number of hydrogen-bond acceptors (Lipinski definition) is 4. The molecule has 0 spiro atoms. The van der Waals surface area contributed by atoms with Gasteiger partial charge in [0, 0.05) is 24.6 Å². The van der Waals surface area contributed by atoms with Crippen LogP contribution in [0.5, 0.6) is 11.6 Å². The maximum Gasteiger partial charge on any atom is 0.219 e. The van der Waals surface area contributed by atoms with Crippen LogP contribution < -0.4 is 0 Å². The van der Waals surface area contributed by atoms with Gasteiger partial charge in [-0.25, -0.2) is 18.7 Å². The third-order valence-electron chi connectivity index (χ3n) is 5.46. The molecular formula is C26H19F2N3O2. The molecule has 0 aliphatic heterocycles. The molecule has 0 aliphatic rings. The van der Waals surface area contributed by atoms with E-state index in [0.29, 0.717) is 41.1 Å². The van der Waals surface area contributed by atoms with Crippen LogP contribution in [0, 0.1) is 11.6 Å². The number of phenols is 1. The molecule has 3 aromatic carbocycles. The lowest BCUT2D eigenvalue weighted by Crippen LogP contribution is -2.01. The zero-order chi connectivity index (χ0) is 22.9. The van der Waals surface area contributed by atoms with Gasteiger partial charge in [-0.1, -0.05) is 42.5 Å². The molecule has 0 unspecified atom stereocenters. The number of rotatable bonds is 5. The average molecular weight is 443 g/mol. The van der Waals surface area contributed by atoms with E-state index in [9.17, 15) is 19.0 Å². The van der Waals surface area contributed by atoms with Crippen molar-refractivity contribution in [2.75, 3.05) is 0 Å². The van der Waals surface area contributed by atoms with Crippen LogP contribution >= 0.6 is 0 Å². The number of halogens is 2. The molecule has 0 saturated heterocycles. The van der Waals surface area contributed by atoms with E-state index < -0.39 is 11.6 Å². The van der Waals surface area contributed by atoms with E-state index in [1.165, 1.54) is 10.5 Å². The lowest BCUT2D eigenvalue weighted by atomic mass is 10.1. The van der Waals surface area contributed by atoms with Crippen LogP contribution in [0.2, 0.25) is 0 Å². The SMILES string of the molecule is Oc1ccc(Cc2nc3c(Cc4ccccc4)nc(-c4ccc(F)c(F)c4)cn3c2O)cc1. The van der Waals surface area contributed by atoms with Gasteiger partial charge >= 0.3 is 0 Å². The van der Waals surface area contributed by atoms with Gasteiger partial charge < -0.3 is 10.2 Å². The average Bonchev–Trinajstić information content (AvgIpc) is 3.13. The van der Waals surface area contributed by atoms with Crippen LogP contribution in [-0.2, 0) is 12.8 Å². The molecular weight excluding hydrogens is 424 g/mol. The summed E-state index contributed by atoms with van der Waals surface area (Å²) in [7, 11) is 0. The first-order valence-corrected chi connectivity index (χ1v) is 10.3. The topological polar surface area (TPSA) is 70.7 Å². The van der Waals surface area contributed by atoms with Gasteiger partial charge in [-0.3, -0.25) is 4.40 Å². The highest BCUT2D eigenvalue weighted by Gasteiger charge is 2.18. The summed E-state index contributed by atoms with van der Waals surface area (Å²) in [5.41, 5.74) is 4.16. The van der Waals surface area contributed by atoms with E-state index in [1.54, 1.807) is 30.5 Å². The van der Waals surface area contributed by atoms with Crippen molar-refractivity contribution < 1.29 is 19.0 Å². The smallest absolute Gasteiger partial charge is 0.219 e. The van der Waals surface area contributed by atoms with E-state index in [1.807, 2.05) is 30.3 Å².